The van der Waals surface area contributed by atoms with E-state index in [2.05, 4.69) is 10.4 Å². The Kier molecular flexibility index (Phi) is 5.40. The van der Waals surface area contributed by atoms with Gasteiger partial charge in [0.2, 0.25) is 10.0 Å². The third kappa shape index (κ3) is 3.46. The lowest BCUT2D eigenvalue weighted by Crippen LogP contribution is -2.36. The van der Waals surface area contributed by atoms with E-state index in [0.717, 1.165) is 38.0 Å². The number of nitrogens with one attached hydrogen (secondary N) is 1. The molecule has 1 saturated heterocycles. The average Bonchev–Trinajstić information content (AvgIpc) is 2.75. The quantitative estimate of drug-likeness (QED) is 0.803. The molecule has 0 radical (unpaired) electrons. The lowest BCUT2D eigenvalue weighted by molar-refractivity contribution is 0.346. The number of hydrogen-bond acceptors (Lipinski definition) is 4. The zero-order chi connectivity index (χ0) is 15.5. The van der Waals surface area contributed by atoms with E-state index in [-0.39, 0.29) is 0 Å². The molecule has 2 heterocycles. The van der Waals surface area contributed by atoms with Crippen molar-refractivity contribution < 1.29 is 8.42 Å². The Morgan fingerprint density at radius 3 is 2.48 bits per heavy atom. The van der Waals surface area contributed by atoms with Crippen LogP contribution in [0.15, 0.2) is 4.90 Å². The predicted octanol–water partition coefficient (Wildman–Crippen LogP) is 1.28. The highest BCUT2D eigenvalue weighted by Gasteiger charge is 2.31. The van der Waals surface area contributed by atoms with Gasteiger partial charge in [0, 0.05) is 19.6 Å². The second kappa shape index (κ2) is 6.89. The van der Waals surface area contributed by atoms with Gasteiger partial charge in [-0.25, -0.2) is 8.42 Å². The Morgan fingerprint density at radius 1 is 1.19 bits per heavy atom. The topological polar surface area (TPSA) is 67.2 Å². The van der Waals surface area contributed by atoms with Crippen LogP contribution in [0.3, 0.4) is 0 Å². The maximum Gasteiger partial charge on any atom is 0.246 e. The Morgan fingerprint density at radius 2 is 1.86 bits per heavy atom. The number of aromatic nitrogens is 2. The van der Waals surface area contributed by atoms with Gasteiger partial charge in [0.05, 0.1) is 17.9 Å². The van der Waals surface area contributed by atoms with Crippen molar-refractivity contribution in [2.24, 2.45) is 0 Å². The number of rotatable bonds is 6. The third-order valence-corrected chi connectivity index (χ3v) is 6.13. The van der Waals surface area contributed by atoms with E-state index >= 15 is 0 Å². The van der Waals surface area contributed by atoms with Crippen molar-refractivity contribution in [1.82, 2.24) is 19.4 Å². The Labute approximate surface area is 127 Å². The lowest BCUT2D eigenvalue weighted by Gasteiger charge is -2.26. The predicted molar refractivity (Wildman–Crippen MR) is 82.9 cm³/mol. The number of likely N-dealkylation sites (N-methyl/N-ethyl adjacent to an activating group) is 1. The Bertz CT molecular complexity index is 574. The van der Waals surface area contributed by atoms with Gasteiger partial charge in [-0.05, 0) is 33.2 Å². The number of nitrogens with zero attached hydrogens (tertiary/aromatic N) is 3. The number of hydrogen-bond donors (Lipinski definition) is 1. The van der Waals surface area contributed by atoms with Gasteiger partial charge in [0.1, 0.15) is 4.90 Å². The van der Waals surface area contributed by atoms with Crippen molar-refractivity contribution in [3.05, 3.63) is 11.4 Å². The van der Waals surface area contributed by atoms with Crippen LogP contribution in [-0.2, 0) is 16.6 Å². The first-order chi connectivity index (χ1) is 9.98. The van der Waals surface area contributed by atoms with Crippen LogP contribution in [0.1, 0.15) is 37.6 Å². The van der Waals surface area contributed by atoms with E-state index in [1.807, 2.05) is 13.8 Å². The molecule has 1 aliphatic heterocycles. The summed E-state index contributed by atoms with van der Waals surface area (Å²) in [5, 5.41) is 7.65. The normalized spacial score (nSPS) is 17.3. The summed E-state index contributed by atoms with van der Waals surface area (Å²) < 4.78 is 29.1. The van der Waals surface area contributed by atoms with Gasteiger partial charge in [-0.3, -0.25) is 4.68 Å². The molecule has 120 valence electrons. The minimum absolute atomic E-state index is 0.404. The Hall–Kier alpha value is -0.920. The molecular weight excluding hydrogens is 288 g/mol. The first kappa shape index (κ1) is 16.5. The monoisotopic (exact) mass is 314 g/mol. The van der Waals surface area contributed by atoms with Crippen molar-refractivity contribution in [3.8, 4) is 0 Å². The van der Waals surface area contributed by atoms with Gasteiger partial charge in [-0.2, -0.15) is 9.40 Å². The molecule has 0 amide bonds. The van der Waals surface area contributed by atoms with Crippen LogP contribution < -0.4 is 5.32 Å². The summed E-state index contributed by atoms with van der Waals surface area (Å²) in [5.74, 6) is 0. The smallest absolute Gasteiger partial charge is 0.246 e. The van der Waals surface area contributed by atoms with Crippen LogP contribution in [-0.4, -0.2) is 48.7 Å². The summed E-state index contributed by atoms with van der Waals surface area (Å²) in [7, 11) is -3.40. The highest BCUT2D eigenvalue weighted by Crippen LogP contribution is 2.25. The van der Waals surface area contributed by atoms with Crippen molar-refractivity contribution >= 4 is 10.0 Å². The van der Waals surface area contributed by atoms with Crippen LogP contribution >= 0.6 is 0 Å². The highest BCUT2D eigenvalue weighted by molar-refractivity contribution is 7.89. The van der Waals surface area contributed by atoms with E-state index in [1.165, 1.54) is 0 Å². The molecule has 1 fully saturated rings. The summed E-state index contributed by atoms with van der Waals surface area (Å²) in [4.78, 5) is 0.404. The number of aryl methyl sites for hydroxylation is 1. The molecule has 1 N–H and O–H groups in total. The molecule has 6 nitrogen and oxygen atoms in total. The van der Waals surface area contributed by atoms with Crippen molar-refractivity contribution in [1.29, 1.82) is 0 Å². The summed E-state index contributed by atoms with van der Waals surface area (Å²) in [5.41, 5.74) is 1.35. The van der Waals surface area contributed by atoms with Crippen molar-refractivity contribution in [2.75, 3.05) is 26.2 Å². The average molecular weight is 314 g/mol. The van der Waals surface area contributed by atoms with Crippen LogP contribution in [0.4, 0.5) is 0 Å². The van der Waals surface area contributed by atoms with E-state index in [1.54, 1.807) is 15.9 Å². The van der Waals surface area contributed by atoms with Gasteiger partial charge in [0.15, 0.2) is 0 Å². The van der Waals surface area contributed by atoms with Crippen molar-refractivity contribution in [2.45, 2.75) is 51.5 Å². The molecule has 0 unspecified atom stereocenters. The van der Waals surface area contributed by atoms with Gasteiger partial charge >= 0.3 is 0 Å². The molecule has 0 spiro atoms. The maximum absolute atomic E-state index is 12.8. The minimum atomic E-state index is -3.40. The largest absolute Gasteiger partial charge is 0.315 e. The van der Waals surface area contributed by atoms with E-state index in [9.17, 15) is 8.42 Å². The fourth-order valence-electron chi connectivity index (χ4n) is 2.87. The Balaban J connectivity index is 2.26. The summed E-state index contributed by atoms with van der Waals surface area (Å²) >= 11 is 0. The van der Waals surface area contributed by atoms with Gasteiger partial charge in [-0.1, -0.05) is 13.3 Å². The molecule has 2 rings (SSSR count). The fraction of sp³-hybridized carbons (Fsp3) is 0.786. The molecule has 1 aliphatic rings. The SMILES string of the molecule is CCNCCn1nc(C)c(S(=O)(=O)N2CCCCC2)c1C. The van der Waals surface area contributed by atoms with Crippen LogP contribution in [0.25, 0.3) is 0 Å². The van der Waals surface area contributed by atoms with Crippen LogP contribution in [0, 0.1) is 13.8 Å². The van der Waals surface area contributed by atoms with Crippen LogP contribution in [0.5, 0.6) is 0 Å². The summed E-state index contributed by atoms with van der Waals surface area (Å²) in [6, 6.07) is 0. The number of piperidine rings is 1. The fourth-order valence-corrected chi connectivity index (χ4v) is 4.76. The maximum atomic E-state index is 12.8. The van der Waals surface area contributed by atoms with E-state index in [4.69, 9.17) is 0 Å². The van der Waals surface area contributed by atoms with Crippen LogP contribution in [0.2, 0.25) is 0 Å². The van der Waals surface area contributed by atoms with E-state index < -0.39 is 10.0 Å². The number of sulfonamides is 1. The molecule has 0 atom stereocenters. The molecule has 1 aromatic rings. The lowest BCUT2D eigenvalue weighted by atomic mass is 10.2. The molecule has 0 aliphatic carbocycles. The zero-order valence-corrected chi connectivity index (χ0v) is 14.0. The first-order valence-electron chi connectivity index (χ1n) is 7.73. The van der Waals surface area contributed by atoms with Gasteiger partial charge in [0.25, 0.3) is 0 Å². The zero-order valence-electron chi connectivity index (χ0n) is 13.2. The molecular formula is C14H26N4O2S. The van der Waals surface area contributed by atoms with Gasteiger partial charge in [-0.15, -0.1) is 0 Å². The molecule has 21 heavy (non-hydrogen) atoms. The minimum Gasteiger partial charge on any atom is -0.315 e. The molecule has 1 aromatic heterocycles. The van der Waals surface area contributed by atoms with Gasteiger partial charge < -0.3 is 5.32 Å². The molecule has 0 bridgehead atoms. The molecule has 0 aromatic carbocycles. The second-order valence-corrected chi connectivity index (χ2v) is 7.42. The highest BCUT2D eigenvalue weighted by atomic mass is 32.2. The van der Waals surface area contributed by atoms with Crippen molar-refractivity contribution in [3.63, 3.8) is 0 Å². The summed E-state index contributed by atoms with van der Waals surface area (Å²) in [6.07, 6.45) is 3.02. The van der Waals surface area contributed by atoms with E-state index in [0.29, 0.717) is 30.2 Å². The first-order valence-corrected chi connectivity index (χ1v) is 9.17. The third-order valence-electron chi connectivity index (χ3n) is 3.98. The molecule has 0 saturated carbocycles. The summed E-state index contributed by atoms with van der Waals surface area (Å²) in [6.45, 7) is 9.33. The molecule has 7 heteroatoms. The standard InChI is InChI=1S/C14H26N4O2S/c1-4-15-8-11-18-13(3)14(12(2)16-18)21(19,20)17-9-6-5-7-10-17/h15H,4-11H2,1-3H3. The second-order valence-electron chi connectivity index (χ2n) is 5.54.